The van der Waals surface area contributed by atoms with Crippen LogP contribution in [-0.2, 0) is 12.6 Å². The predicted molar refractivity (Wildman–Crippen MR) is 127 cm³/mol. The maximum atomic E-state index is 14.2. The van der Waals surface area contributed by atoms with Gasteiger partial charge >= 0.3 is 6.18 Å². The van der Waals surface area contributed by atoms with E-state index < -0.39 is 16.6 Å². The third kappa shape index (κ3) is 5.07. The minimum Gasteiger partial charge on any atom is -0.311 e. The van der Waals surface area contributed by atoms with Crippen LogP contribution in [0, 0.1) is 17.3 Å². The van der Waals surface area contributed by atoms with Crippen molar-refractivity contribution in [2.45, 2.75) is 31.3 Å². The van der Waals surface area contributed by atoms with Crippen molar-refractivity contribution in [2.24, 2.45) is 5.41 Å². The number of halogens is 5. The highest BCUT2D eigenvalue weighted by Gasteiger charge is 2.32. The van der Waals surface area contributed by atoms with E-state index in [0.717, 1.165) is 47.5 Å². The summed E-state index contributed by atoms with van der Waals surface area (Å²) in [6.45, 7) is 5.10. The molecule has 0 N–H and O–H groups in total. The molecule has 1 unspecified atom stereocenters. The van der Waals surface area contributed by atoms with Crippen molar-refractivity contribution in [1.29, 1.82) is 0 Å². The molecule has 1 atom stereocenters. The molecule has 4 rings (SSSR count). The highest BCUT2D eigenvalue weighted by Crippen LogP contribution is 2.43. The molecule has 0 saturated carbocycles. The van der Waals surface area contributed by atoms with E-state index in [4.69, 9.17) is 0 Å². The summed E-state index contributed by atoms with van der Waals surface area (Å²) in [4.78, 5) is 0.112. The van der Waals surface area contributed by atoms with Crippen LogP contribution in [0.1, 0.15) is 25.0 Å². The van der Waals surface area contributed by atoms with Crippen LogP contribution in [0.3, 0.4) is 0 Å². The van der Waals surface area contributed by atoms with Crippen LogP contribution in [-0.4, -0.2) is 11.4 Å². The van der Waals surface area contributed by atoms with Crippen LogP contribution in [0.25, 0.3) is 11.1 Å². The minimum atomic E-state index is -4.35. The maximum Gasteiger partial charge on any atom is 0.416 e. The SMILES string of the molecule is CC1(C)Cc2cc(-c3ccc(C(F)(F)F)cc3)ccc2N(SC2=CC#CC(Br)C(F)=C2)C1. The molecule has 1 heterocycles. The van der Waals surface area contributed by atoms with E-state index in [9.17, 15) is 17.6 Å². The lowest BCUT2D eigenvalue weighted by atomic mass is 9.81. The monoisotopic (exact) mass is 521 g/mol. The van der Waals surface area contributed by atoms with Gasteiger partial charge in [-0.2, -0.15) is 13.2 Å². The standard InChI is InChI=1S/C25H20BrF4NS/c1-24(2)14-18-12-17(16-6-9-19(10-7-16)25(28,29)30)8-11-23(18)31(15-24)32-20-4-3-5-21(26)22(27)13-20/h4,6-13,21H,14-15H2,1-2H3. The molecule has 0 saturated heterocycles. The van der Waals surface area contributed by atoms with E-state index in [2.05, 4.69) is 45.9 Å². The Kier molecular flexibility index (Phi) is 6.21. The van der Waals surface area contributed by atoms with Crippen molar-refractivity contribution in [3.05, 3.63) is 76.5 Å². The first-order valence-electron chi connectivity index (χ1n) is 10.0. The summed E-state index contributed by atoms with van der Waals surface area (Å²) in [5, 5.41) is 0. The van der Waals surface area contributed by atoms with E-state index in [1.54, 1.807) is 6.08 Å². The Morgan fingerprint density at radius 2 is 1.78 bits per heavy atom. The van der Waals surface area contributed by atoms with Gasteiger partial charge in [-0.25, -0.2) is 4.39 Å². The second-order valence-electron chi connectivity index (χ2n) is 8.61. The van der Waals surface area contributed by atoms with Crippen molar-refractivity contribution in [2.75, 3.05) is 10.8 Å². The summed E-state index contributed by atoms with van der Waals surface area (Å²) >= 11 is 4.65. The molecule has 1 aliphatic heterocycles. The fraction of sp³-hybridized carbons (Fsp3) is 0.280. The molecule has 1 nitrogen and oxygen atoms in total. The van der Waals surface area contributed by atoms with Gasteiger partial charge in [-0.05, 0) is 70.8 Å². The second kappa shape index (κ2) is 8.64. The molecule has 7 heteroatoms. The lowest BCUT2D eigenvalue weighted by molar-refractivity contribution is -0.137. The van der Waals surface area contributed by atoms with Crippen molar-refractivity contribution >= 4 is 33.6 Å². The number of hydrogen-bond donors (Lipinski definition) is 0. The summed E-state index contributed by atoms with van der Waals surface area (Å²) in [5.74, 6) is 5.33. The number of fused-ring (bicyclic) bond motifs is 1. The zero-order chi connectivity index (χ0) is 23.1. The third-order valence-electron chi connectivity index (χ3n) is 5.30. The maximum absolute atomic E-state index is 14.2. The van der Waals surface area contributed by atoms with Crippen LogP contribution in [0.2, 0.25) is 0 Å². The second-order valence-corrected chi connectivity index (χ2v) is 10.6. The van der Waals surface area contributed by atoms with Gasteiger partial charge in [-0.3, -0.25) is 0 Å². The number of nitrogens with zero attached hydrogens (tertiary/aromatic N) is 1. The normalized spacial score (nSPS) is 19.8. The van der Waals surface area contributed by atoms with Gasteiger partial charge < -0.3 is 4.31 Å². The molecule has 0 bridgehead atoms. The largest absolute Gasteiger partial charge is 0.416 e. The van der Waals surface area contributed by atoms with Gasteiger partial charge in [0.05, 0.1) is 11.3 Å². The number of benzene rings is 2. The van der Waals surface area contributed by atoms with Gasteiger partial charge in [0.1, 0.15) is 10.7 Å². The summed E-state index contributed by atoms with van der Waals surface area (Å²) in [6, 6.07) is 11.2. The zero-order valence-electron chi connectivity index (χ0n) is 17.4. The molecule has 0 spiro atoms. The lowest BCUT2D eigenvalue weighted by Gasteiger charge is -2.40. The molecule has 2 aromatic rings. The number of rotatable bonds is 3. The number of allylic oxidation sites excluding steroid dienone is 3. The van der Waals surface area contributed by atoms with E-state index in [0.29, 0.717) is 4.91 Å². The fourth-order valence-corrected chi connectivity index (χ4v) is 5.30. The van der Waals surface area contributed by atoms with E-state index in [-0.39, 0.29) is 11.2 Å². The smallest absolute Gasteiger partial charge is 0.311 e. The van der Waals surface area contributed by atoms with Crippen LogP contribution in [0.4, 0.5) is 23.2 Å². The van der Waals surface area contributed by atoms with Gasteiger partial charge in [0.15, 0.2) is 0 Å². The highest BCUT2D eigenvalue weighted by atomic mass is 79.9. The Balaban J connectivity index is 1.65. The highest BCUT2D eigenvalue weighted by molar-refractivity contribution is 9.09. The quantitative estimate of drug-likeness (QED) is 0.174. The summed E-state index contributed by atoms with van der Waals surface area (Å²) in [6.07, 6.45) is -0.325. The Morgan fingerprint density at radius 3 is 2.47 bits per heavy atom. The molecular formula is C25H20BrF4NS. The van der Waals surface area contributed by atoms with Crippen molar-refractivity contribution < 1.29 is 17.6 Å². The van der Waals surface area contributed by atoms with Crippen LogP contribution in [0.5, 0.6) is 0 Å². The molecule has 2 aliphatic rings. The van der Waals surface area contributed by atoms with E-state index in [1.165, 1.54) is 30.2 Å². The summed E-state index contributed by atoms with van der Waals surface area (Å²) < 4.78 is 55.0. The molecule has 0 fully saturated rings. The van der Waals surface area contributed by atoms with Gasteiger partial charge in [0, 0.05) is 17.5 Å². The first kappa shape index (κ1) is 23.0. The number of anilines is 1. The summed E-state index contributed by atoms with van der Waals surface area (Å²) in [7, 11) is 0. The number of hydrogen-bond acceptors (Lipinski definition) is 2. The van der Waals surface area contributed by atoms with Crippen molar-refractivity contribution in [1.82, 2.24) is 0 Å². The van der Waals surface area contributed by atoms with Gasteiger partial charge in [0.25, 0.3) is 0 Å². The number of alkyl halides is 4. The molecule has 2 aromatic carbocycles. The Hall–Kier alpha value is -2.17. The molecule has 0 amide bonds. The van der Waals surface area contributed by atoms with E-state index in [1.807, 2.05) is 18.2 Å². The van der Waals surface area contributed by atoms with Crippen molar-refractivity contribution in [3.63, 3.8) is 0 Å². The topological polar surface area (TPSA) is 3.24 Å². The molecule has 1 aliphatic carbocycles. The van der Waals surface area contributed by atoms with Gasteiger partial charge in [-0.15, -0.1) is 0 Å². The molecular weight excluding hydrogens is 502 g/mol. The Labute approximate surface area is 197 Å². The fourth-order valence-electron chi connectivity index (χ4n) is 3.81. The van der Waals surface area contributed by atoms with Crippen LogP contribution in [0.15, 0.2) is 65.3 Å². The third-order valence-corrected chi connectivity index (χ3v) is 6.96. The molecule has 166 valence electrons. The minimum absolute atomic E-state index is 0.0318. The molecule has 0 radical (unpaired) electrons. The average Bonchev–Trinajstić information content (AvgIpc) is 2.86. The lowest BCUT2D eigenvalue weighted by Crippen LogP contribution is -2.36. The van der Waals surface area contributed by atoms with Crippen LogP contribution >= 0.6 is 27.9 Å². The van der Waals surface area contributed by atoms with Gasteiger partial charge in [0.2, 0.25) is 0 Å². The average molecular weight is 522 g/mol. The Bertz CT molecular complexity index is 1150. The Morgan fingerprint density at radius 1 is 1.09 bits per heavy atom. The molecule has 32 heavy (non-hydrogen) atoms. The first-order valence-corrected chi connectivity index (χ1v) is 11.7. The zero-order valence-corrected chi connectivity index (χ0v) is 19.8. The predicted octanol–water partition coefficient (Wildman–Crippen LogP) is 7.93. The van der Waals surface area contributed by atoms with Crippen molar-refractivity contribution in [3.8, 4) is 23.0 Å². The van der Waals surface area contributed by atoms with Gasteiger partial charge in [-0.1, -0.05) is 59.8 Å². The van der Waals surface area contributed by atoms with E-state index >= 15 is 0 Å². The molecule has 0 aromatic heterocycles. The summed E-state index contributed by atoms with van der Waals surface area (Å²) in [5.41, 5.74) is 3.04. The van der Waals surface area contributed by atoms with Crippen LogP contribution < -0.4 is 4.31 Å². The first-order chi connectivity index (χ1) is 15.0.